The fraction of sp³-hybridized carbons (Fsp3) is 0.333. The minimum absolute atomic E-state index is 0.0130. The number of aromatic nitrogens is 1. The second-order valence-corrected chi connectivity index (χ2v) is 10.3. The van der Waals surface area contributed by atoms with Gasteiger partial charge in [0.25, 0.3) is 5.91 Å². The van der Waals surface area contributed by atoms with E-state index in [1.165, 1.54) is 29.6 Å². The van der Waals surface area contributed by atoms with Gasteiger partial charge in [-0.15, -0.1) is 11.3 Å². The molecule has 2 atom stereocenters. The van der Waals surface area contributed by atoms with E-state index >= 15 is 0 Å². The van der Waals surface area contributed by atoms with Gasteiger partial charge in [0.2, 0.25) is 0 Å². The van der Waals surface area contributed by atoms with Gasteiger partial charge in [-0.25, -0.2) is 0 Å². The Morgan fingerprint density at radius 3 is 2.90 bits per heavy atom. The van der Waals surface area contributed by atoms with Gasteiger partial charge in [-0.2, -0.15) is 11.8 Å². The Hall–Kier alpha value is -1.67. The van der Waals surface area contributed by atoms with Crippen LogP contribution in [0.2, 0.25) is 9.36 Å². The lowest BCUT2D eigenvalue weighted by Crippen LogP contribution is -2.38. The molecular weight excluding hydrogens is 463 g/mol. The number of thioether (sulfide) groups is 1. The van der Waals surface area contributed by atoms with E-state index in [1.807, 2.05) is 12.1 Å². The summed E-state index contributed by atoms with van der Waals surface area (Å²) in [5.41, 5.74) is 3.68. The first-order valence-electron chi connectivity index (χ1n) is 9.47. The predicted molar refractivity (Wildman–Crippen MR) is 124 cm³/mol. The Labute approximate surface area is 192 Å². The zero-order chi connectivity index (χ0) is 21.3. The van der Waals surface area contributed by atoms with Crippen molar-refractivity contribution in [1.29, 1.82) is 0 Å². The van der Waals surface area contributed by atoms with Gasteiger partial charge in [0.05, 0.1) is 28.8 Å². The van der Waals surface area contributed by atoms with Crippen LogP contribution in [0.3, 0.4) is 0 Å². The van der Waals surface area contributed by atoms with E-state index in [0.29, 0.717) is 32.7 Å². The van der Waals surface area contributed by atoms with Crippen LogP contribution in [0.4, 0.5) is 0 Å². The van der Waals surface area contributed by atoms with Gasteiger partial charge >= 0.3 is 5.97 Å². The summed E-state index contributed by atoms with van der Waals surface area (Å²) in [6, 6.07) is 10.1. The topological polar surface area (TPSA) is 71.2 Å². The number of carbonyl (C=O) groups is 2. The number of thiophene rings is 1. The average Bonchev–Trinajstić information content (AvgIpc) is 3.38. The second kappa shape index (κ2) is 9.22. The molecule has 1 aliphatic carbocycles. The van der Waals surface area contributed by atoms with Crippen molar-refractivity contribution in [3.63, 3.8) is 0 Å². The maximum absolute atomic E-state index is 12.9. The lowest BCUT2D eigenvalue weighted by molar-refractivity contribution is -0.140. The number of rotatable bonds is 7. The number of methoxy groups -OCH3 is 1. The molecule has 2 heterocycles. The van der Waals surface area contributed by atoms with Crippen molar-refractivity contribution < 1.29 is 14.3 Å². The molecule has 0 aliphatic heterocycles. The molecule has 30 heavy (non-hydrogen) atoms. The molecule has 1 aromatic carbocycles. The summed E-state index contributed by atoms with van der Waals surface area (Å²) >= 11 is 15.3. The van der Waals surface area contributed by atoms with Gasteiger partial charge in [-0.1, -0.05) is 47.5 Å². The SMILES string of the molecule is COC(=O)CCSCC1c2ccccc2C[C@H]1NC(=O)c1cc2sc(Cl)c(Cl)c2[nH]1. The minimum atomic E-state index is -0.204. The van der Waals surface area contributed by atoms with Gasteiger partial charge in [0.1, 0.15) is 10.0 Å². The number of ether oxygens (including phenoxy) is 1. The Kier molecular flexibility index (Phi) is 6.63. The van der Waals surface area contributed by atoms with Crippen LogP contribution in [0.15, 0.2) is 30.3 Å². The number of H-pyrrole nitrogens is 1. The second-order valence-electron chi connectivity index (χ2n) is 7.10. The maximum atomic E-state index is 12.9. The van der Waals surface area contributed by atoms with Crippen LogP contribution in [0, 0.1) is 0 Å². The van der Waals surface area contributed by atoms with Crippen molar-refractivity contribution in [3.05, 3.63) is 56.5 Å². The third kappa shape index (κ3) is 4.35. The van der Waals surface area contributed by atoms with Gasteiger partial charge in [-0.05, 0) is 23.6 Å². The van der Waals surface area contributed by atoms with E-state index in [4.69, 9.17) is 27.9 Å². The summed E-state index contributed by atoms with van der Waals surface area (Å²) in [7, 11) is 1.40. The van der Waals surface area contributed by atoms with E-state index in [9.17, 15) is 9.59 Å². The highest BCUT2D eigenvalue weighted by molar-refractivity contribution is 7.99. The highest BCUT2D eigenvalue weighted by Gasteiger charge is 2.33. The van der Waals surface area contributed by atoms with Crippen molar-refractivity contribution in [1.82, 2.24) is 10.3 Å². The predicted octanol–water partition coefficient (Wildman–Crippen LogP) is 5.27. The summed E-state index contributed by atoms with van der Waals surface area (Å²) < 4.78 is 6.08. The Morgan fingerprint density at radius 1 is 1.33 bits per heavy atom. The van der Waals surface area contributed by atoms with Crippen LogP contribution in [0.1, 0.15) is 34.0 Å². The fourth-order valence-corrected chi connectivity index (χ4v) is 6.42. The highest BCUT2D eigenvalue weighted by Crippen LogP contribution is 2.39. The molecule has 5 nitrogen and oxygen atoms in total. The number of nitrogens with one attached hydrogen (secondary N) is 2. The molecule has 1 amide bonds. The van der Waals surface area contributed by atoms with Crippen LogP contribution in [-0.4, -0.2) is 41.5 Å². The number of hydrogen-bond acceptors (Lipinski definition) is 5. The van der Waals surface area contributed by atoms with Crippen LogP contribution >= 0.6 is 46.3 Å². The maximum Gasteiger partial charge on any atom is 0.306 e. The molecule has 0 radical (unpaired) electrons. The molecule has 1 aliphatic rings. The van der Waals surface area contributed by atoms with Gasteiger partial charge in [0, 0.05) is 23.5 Å². The monoisotopic (exact) mass is 482 g/mol. The number of esters is 1. The molecule has 3 aromatic rings. The Bertz CT molecular complexity index is 1100. The van der Waals surface area contributed by atoms with Gasteiger partial charge in [-0.3, -0.25) is 9.59 Å². The van der Waals surface area contributed by atoms with Crippen molar-refractivity contribution in [2.75, 3.05) is 18.6 Å². The first-order valence-corrected chi connectivity index (χ1v) is 12.2. The van der Waals surface area contributed by atoms with Gasteiger partial charge in [0.15, 0.2) is 0 Å². The first kappa shape index (κ1) is 21.6. The zero-order valence-electron chi connectivity index (χ0n) is 16.2. The zero-order valence-corrected chi connectivity index (χ0v) is 19.3. The summed E-state index contributed by atoms with van der Waals surface area (Å²) in [6.07, 6.45) is 1.17. The van der Waals surface area contributed by atoms with Crippen LogP contribution < -0.4 is 5.32 Å². The molecule has 2 aromatic heterocycles. The van der Waals surface area contributed by atoms with Crippen LogP contribution in [-0.2, 0) is 16.0 Å². The number of halogens is 2. The van der Waals surface area contributed by atoms with Crippen LogP contribution in [0.5, 0.6) is 0 Å². The lowest BCUT2D eigenvalue weighted by Gasteiger charge is -2.21. The third-order valence-electron chi connectivity index (χ3n) is 5.29. The van der Waals surface area contributed by atoms with Crippen molar-refractivity contribution in [3.8, 4) is 0 Å². The smallest absolute Gasteiger partial charge is 0.306 e. The number of amides is 1. The molecule has 0 fully saturated rings. The molecule has 4 rings (SSSR count). The normalized spacial score (nSPS) is 17.8. The molecule has 0 saturated carbocycles. The molecule has 0 bridgehead atoms. The first-order chi connectivity index (χ1) is 14.5. The van der Waals surface area contributed by atoms with E-state index < -0.39 is 0 Å². The number of aromatic amines is 1. The van der Waals surface area contributed by atoms with E-state index in [1.54, 1.807) is 17.8 Å². The highest BCUT2D eigenvalue weighted by atomic mass is 35.5. The summed E-state index contributed by atoms with van der Waals surface area (Å²) in [4.78, 5) is 27.4. The molecular formula is C21H20Cl2N2O3S2. The lowest BCUT2D eigenvalue weighted by atomic mass is 10.0. The van der Waals surface area contributed by atoms with E-state index in [0.717, 1.165) is 16.9 Å². The van der Waals surface area contributed by atoms with E-state index in [2.05, 4.69) is 22.4 Å². The van der Waals surface area contributed by atoms with Crippen LogP contribution in [0.25, 0.3) is 10.2 Å². The van der Waals surface area contributed by atoms with Crippen molar-refractivity contribution in [2.45, 2.75) is 24.8 Å². The summed E-state index contributed by atoms with van der Waals surface area (Å²) in [5.74, 6) is 1.33. The summed E-state index contributed by atoms with van der Waals surface area (Å²) in [6.45, 7) is 0. The molecule has 0 saturated heterocycles. The molecule has 158 valence electrons. The molecule has 1 unspecified atom stereocenters. The average molecular weight is 483 g/mol. The van der Waals surface area contributed by atoms with Gasteiger partial charge < -0.3 is 15.0 Å². The fourth-order valence-electron chi connectivity index (χ4n) is 3.79. The quantitative estimate of drug-likeness (QED) is 0.355. The van der Waals surface area contributed by atoms with E-state index in [-0.39, 0.29) is 23.8 Å². The number of benzene rings is 1. The van der Waals surface area contributed by atoms with Crippen molar-refractivity contribution >= 4 is 68.4 Å². The minimum Gasteiger partial charge on any atom is -0.469 e. The molecule has 0 spiro atoms. The number of fused-ring (bicyclic) bond motifs is 2. The van der Waals surface area contributed by atoms with Crippen molar-refractivity contribution in [2.24, 2.45) is 0 Å². The molecule has 2 N–H and O–H groups in total. The number of hydrogen-bond donors (Lipinski definition) is 2. The summed E-state index contributed by atoms with van der Waals surface area (Å²) in [5, 5.41) is 3.64. The largest absolute Gasteiger partial charge is 0.469 e. The number of carbonyl (C=O) groups excluding carboxylic acids is 2. The Morgan fingerprint density at radius 2 is 2.13 bits per heavy atom. The standard InChI is InChI=1S/C21H20Cl2N2O3S2/c1-28-17(26)6-7-29-10-13-12-5-3-2-4-11(12)8-14(13)25-21(27)15-9-16-19(24-15)18(22)20(23)30-16/h2-5,9,13-14,24H,6-8,10H2,1H3,(H,25,27)/t13?,14-/m1/s1. The Balaban J connectivity index is 1.46. The molecule has 9 heteroatoms. The third-order valence-corrected chi connectivity index (χ3v) is 8.31.